The Morgan fingerprint density at radius 3 is 2.68 bits per heavy atom. The summed E-state index contributed by atoms with van der Waals surface area (Å²) in [5.74, 6) is 0.0687. The molecule has 0 saturated carbocycles. The molecule has 2 heterocycles. The Morgan fingerprint density at radius 2 is 2.16 bits per heavy atom. The molecule has 0 N–H and O–H groups in total. The van der Waals surface area contributed by atoms with E-state index >= 15 is 0 Å². The fourth-order valence-corrected chi connectivity index (χ4v) is 2.86. The first-order chi connectivity index (χ1) is 9.10. The minimum Gasteiger partial charge on any atom is -0.368 e. The third-order valence-corrected chi connectivity index (χ3v) is 4.03. The smallest absolute Gasteiger partial charge is 0.180 e. The molecule has 0 amide bonds. The first-order valence-corrected chi connectivity index (χ1v) is 7.24. The third-order valence-electron chi connectivity index (χ3n) is 2.82. The standard InChI is InChI=1S/C14H15ClN2OS/c1-3-13(18)12-6-4-10(8-16-12)17(2)9-11-5-7-14(15)19-11/h4-8H,3,9H2,1-2H3. The number of anilines is 1. The van der Waals surface area contributed by atoms with Crippen molar-refractivity contribution < 1.29 is 4.79 Å². The van der Waals surface area contributed by atoms with E-state index in [9.17, 15) is 4.79 Å². The van der Waals surface area contributed by atoms with Crippen molar-refractivity contribution in [2.45, 2.75) is 19.9 Å². The molecule has 5 heteroatoms. The van der Waals surface area contributed by atoms with Crippen LogP contribution in [0.5, 0.6) is 0 Å². The summed E-state index contributed by atoms with van der Waals surface area (Å²) in [6.45, 7) is 2.62. The predicted molar refractivity (Wildman–Crippen MR) is 80.3 cm³/mol. The zero-order valence-electron chi connectivity index (χ0n) is 10.9. The van der Waals surface area contributed by atoms with Crippen LogP contribution in [0, 0.1) is 0 Å². The number of ketones is 1. The molecular formula is C14H15ClN2OS. The van der Waals surface area contributed by atoms with Crippen LogP contribution in [-0.4, -0.2) is 17.8 Å². The van der Waals surface area contributed by atoms with Gasteiger partial charge in [-0.3, -0.25) is 9.78 Å². The Morgan fingerprint density at radius 1 is 1.37 bits per heavy atom. The highest BCUT2D eigenvalue weighted by Crippen LogP contribution is 2.24. The number of rotatable bonds is 5. The van der Waals surface area contributed by atoms with Crippen molar-refractivity contribution in [3.8, 4) is 0 Å². The van der Waals surface area contributed by atoms with Gasteiger partial charge in [0, 0.05) is 18.3 Å². The Kier molecular flexibility index (Phi) is 4.56. The van der Waals surface area contributed by atoms with E-state index in [1.807, 2.05) is 32.2 Å². The van der Waals surface area contributed by atoms with E-state index in [-0.39, 0.29) is 5.78 Å². The summed E-state index contributed by atoms with van der Waals surface area (Å²) in [5, 5.41) is 0. The van der Waals surface area contributed by atoms with Gasteiger partial charge in [0.05, 0.1) is 22.8 Å². The van der Waals surface area contributed by atoms with E-state index in [1.54, 1.807) is 23.6 Å². The van der Waals surface area contributed by atoms with Crippen LogP contribution in [0.25, 0.3) is 0 Å². The quantitative estimate of drug-likeness (QED) is 0.781. The molecule has 0 aliphatic carbocycles. The van der Waals surface area contributed by atoms with Crippen molar-refractivity contribution in [2.75, 3.05) is 11.9 Å². The lowest BCUT2D eigenvalue weighted by molar-refractivity contribution is 0.0983. The van der Waals surface area contributed by atoms with Crippen molar-refractivity contribution in [1.29, 1.82) is 0 Å². The summed E-state index contributed by atoms with van der Waals surface area (Å²) in [6, 6.07) is 7.62. The van der Waals surface area contributed by atoms with E-state index in [0.29, 0.717) is 12.1 Å². The van der Waals surface area contributed by atoms with Crippen molar-refractivity contribution in [3.05, 3.63) is 45.4 Å². The number of hydrogen-bond acceptors (Lipinski definition) is 4. The fraction of sp³-hybridized carbons (Fsp3) is 0.286. The number of pyridine rings is 1. The van der Waals surface area contributed by atoms with Crippen molar-refractivity contribution in [3.63, 3.8) is 0 Å². The first kappa shape index (κ1) is 14.0. The van der Waals surface area contributed by atoms with Crippen LogP contribution in [0.1, 0.15) is 28.7 Å². The molecule has 100 valence electrons. The molecule has 3 nitrogen and oxygen atoms in total. The van der Waals surface area contributed by atoms with Gasteiger partial charge in [-0.1, -0.05) is 18.5 Å². The van der Waals surface area contributed by atoms with Gasteiger partial charge >= 0.3 is 0 Å². The molecule has 0 unspecified atom stereocenters. The molecule has 2 rings (SSSR count). The lowest BCUT2D eigenvalue weighted by atomic mass is 10.2. The van der Waals surface area contributed by atoms with E-state index in [2.05, 4.69) is 9.88 Å². The molecule has 0 bridgehead atoms. The maximum absolute atomic E-state index is 11.5. The van der Waals surface area contributed by atoms with Crippen molar-refractivity contribution >= 4 is 34.4 Å². The molecule has 2 aromatic rings. The summed E-state index contributed by atoms with van der Waals surface area (Å²) in [7, 11) is 1.99. The number of carbonyl (C=O) groups excluding carboxylic acids is 1. The summed E-state index contributed by atoms with van der Waals surface area (Å²) in [4.78, 5) is 19.0. The molecular weight excluding hydrogens is 280 g/mol. The van der Waals surface area contributed by atoms with Crippen molar-refractivity contribution in [1.82, 2.24) is 4.98 Å². The monoisotopic (exact) mass is 294 g/mol. The SMILES string of the molecule is CCC(=O)c1ccc(N(C)Cc2ccc(Cl)s2)cn1. The van der Waals surface area contributed by atoms with Crippen LogP contribution < -0.4 is 4.90 Å². The highest BCUT2D eigenvalue weighted by molar-refractivity contribution is 7.16. The van der Waals surface area contributed by atoms with Crippen molar-refractivity contribution in [2.24, 2.45) is 0 Å². The average Bonchev–Trinajstić information content (AvgIpc) is 2.83. The first-order valence-electron chi connectivity index (χ1n) is 6.04. The number of Topliss-reactive ketones (excluding diaryl/α,β-unsaturated/α-hetero) is 1. The minimum atomic E-state index is 0.0687. The van der Waals surface area contributed by atoms with E-state index in [4.69, 9.17) is 11.6 Å². The van der Waals surface area contributed by atoms with Gasteiger partial charge in [-0.05, 0) is 24.3 Å². The maximum Gasteiger partial charge on any atom is 0.180 e. The normalized spacial score (nSPS) is 10.5. The second-order valence-electron chi connectivity index (χ2n) is 4.24. The second-order valence-corrected chi connectivity index (χ2v) is 6.04. The number of hydrogen-bond donors (Lipinski definition) is 0. The zero-order chi connectivity index (χ0) is 13.8. The van der Waals surface area contributed by atoms with Gasteiger partial charge in [-0.2, -0.15) is 0 Å². The summed E-state index contributed by atoms with van der Waals surface area (Å²) in [6.07, 6.45) is 2.22. The highest BCUT2D eigenvalue weighted by atomic mass is 35.5. The number of thiophene rings is 1. The lowest BCUT2D eigenvalue weighted by Crippen LogP contribution is -2.16. The molecule has 0 spiro atoms. The summed E-state index contributed by atoms with van der Waals surface area (Å²) >= 11 is 7.48. The Balaban J connectivity index is 2.07. The molecule has 0 fully saturated rings. The molecule has 2 aromatic heterocycles. The highest BCUT2D eigenvalue weighted by Gasteiger charge is 2.07. The summed E-state index contributed by atoms with van der Waals surface area (Å²) in [5.41, 5.74) is 1.51. The molecule has 0 radical (unpaired) electrons. The molecule has 0 aromatic carbocycles. The third kappa shape index (κ3) is 3.55. The Hall–Kier alpha value is -1.39. The fourth-order valence-electron chi connectivity index (χ4n) is 1.72. The van der Waals surface area contributed by atoms with Gasteiger partial charge in [0.25, 0.3) is 0 Å². The van der Waals surface area contributed by atoms with Gasteiger partial charge in [-0.15, -0.1) is 11.3 Å². The van der Waals surface area contributed by atoms with Crippen LogP contribution >= 0.6 is 22.9 Å². The average molecular weight is 295 g/mol. The molecule has 0 aliphatic rings. The van der Waals surface area contributed by atoms with Gasteiger partial charge < -0.3 is 4.90 Å². The number of halogens is 1. The van der Waals surface area contributed by atoms with E-state index in [0.717, 1.165) is 16.6 Å². The number of aromatic nitrogens is 1. The second kappa shape index (κ2) is 6.17. The number of nitrogens with zero attached hydrogens (tertiary/aromatic N) is 2. The maximum atomic E-state index is 11.5. The molecule has 0 saturated heterocycles. The largest absolute Gasteiger partial charge is 0.368 e. The topological polar surface area (TPSA) is 33.2 Å². The van der Waals surface area contributed by atoms with Crippen LogP contribution in [0.3, 0.4) is 0 Å². The van der Waals surface area contributed by atoms with Crippen LogP contribution in [-0.2, 0) is 6.54 Å². The van der Waals surface area contributed by atoms with Crippen LogP contribution in [0.4, 0.5) is 5.69 Å². The predicted octanol–water partition coefficient (Wildman–Crippen LogP) is 4.03. The Bertz CT molecular complexity index is 565. The van der Waals surface area contributed by atoms with Gasteiger partial charge in [0.1, 0.15) is 5.69 Å². The van der Waals surface area contributed by atoms with Crippen LogP contribution in [0.15, 0.2) is 30.5 Å². The lowest BCUT2D eigenvalue weighted by Gasteiger charge is -2.18. The van der Waals surface area contributed by atoms with Gasteiger partial charge in [-0.25, -0.2) is 0 Å². The van der Waals surface area contributed by atoms with Gasteiger partial charge in [0.2, 0.25) is 0 Å². The molecule has 0 atom stereocenters. The molecule has 0 aliphatic heterocycles. The number of carbonyl (C=O) groups is 1. The van der Waals surface area contributed by atoms with E-state index < -0.39 is 0 Å². The minimum absolute atomic E-state index is 0.0687. The molecule has 19 heavy (non-hydrogen) atoms. The van der Waals surface area contributed by atoms with Crippen LogP contribution in [0.2, 0.25) is 4.34 Å². The summed E-state index contributed by atoms with van der Waals surface area (Å²) < 4.78 is 0.797. The van der Waals surface area contributed by atoms with Gasteiger partial charge in [0.15, 0.2) is 5.78 Å². The van der Waals surface area contributed by atoms with E-state index in [1.165, 1.54) is 4.88 Å². The Labute approximate surface area is 121 Å². The zero-order valence-corrected chi connectivity index (χ0v) is 12.5.